The number of carbonyl (C=O) groups is 2. The van der Waals surface area contributed by atoms with Crippen molar-refractivity contribution in [3.63, 3.8) is 0 Å². The van der Waals surface area contributed by atoms with Crippen molar-refractivity contribution in [3.05, 3.63) is 0 Å². The second-order valence-electron chi connectivity index (χ2n) is 8.48. The molecule has 0 rings (SSSR count). The van der Waals surface area contributed by atoms with Gasteiger partial charge >= 0.3 is 11.9 Å². The maximum absolute atomic E-state index is 12.9. The largest absolute Gasteiger partial charge is 0.480 e. The Morgan fingerprint density at radius 2 is 1.44 bits per heavy atom. The predicted octanol–water partition coefficient (Wildman–Crippen LogP) is 5.69. The number of carbonyl (C=O) groups excluding carboxylic acids is 1. The molecule has 2 atom stereocenters. The minimum absolute atomic E-state index is 0.184. The van der Waals surface area contributed by atoms with Gasteiger partial charge in [-0.05, 0) is 49.9 Å². The summed E-state index contributed by atoms with van der Waals surface area (Å²) < 4.78 is 5.71. The third-order valence-corrected chi connectivity index (χ3v) is 5.13. The summed E-state index contributed by atoms with van der Waals surface area (Å²) in [6.45, 7) is 14.1. The fourth-order valence-electron chi connectivity index (χ4n) is 3.11. The van der Waals surface area contributed by atoms with Crippen LogP contribution in [0.4, 0.5) is 0 Å². The normalized spacial score (nSPS) is 15.4. The molecule has 0 aromatic carbocycles. The summed E-state index contributed by atoms with van der Waals surface area (Å²) in [7, 11) is 0. The van der Waals surface area contributed by atoms with Gasteiger partial charge in [0.2, 0.25) is 0 Å². The van der Waals surface area contributed by atoms with E-state index in [1.807, 2.05) is 20.8 Å². The van der Waals surface area contributed by atoms with Crippen LogP contribution in [0.25, 0.3) is 0 Å². The summed E-state index contributed by atoms with van der Waals surface area (Å²) in [6.07, 6.45) is 5.69. The molecule has 0 bridgehead atoms. The van der Waals surface area contributed by atoms with Gasteiger partial charge in [-0.1, -0.05) is 61.3 Å². The van der Waals surface area contributed by atoms with Crippen molar-refractivity contribution in [2.75, 3.05) is 0 Å². The first kappa shape index (κ1) is 23.9. The van der Waals surface area contributed by atoms with E-state index < -0.39 is 17.4 Å². The Morgan fingerprint density at radius 3 is 1.84 bits per heavy atom. The zero-order chi connectivity index (χ0) is 19.6. The number of ether oxygens (including phenoxy) is 1. The Labute approximate surface area is 154 Å². The minimum Gasteiger partial charge on any atom is -0.480 e. The van der Waals surface area contributed by atoms with Gasteiger partial charge in [0.1, 0.15) is 6.10 Å². The minimum atomic E-state index is -1.43. The molecule has 0 heterocycles. The smallest absolute Gasteiger partial charge is 0.324 e. The number of hydrogen-bond acceptors (Lipinski definition) is 3. The van der Waals surface area contributed by atoms with Crippen molar-refractivity contribution in [1.82, 2.24) is 0 Å². The summed E-state index contributed by atoms with van der Waals surface area (Å²) in [5.74, 6) is -0.869. The van der Waals surface area contributed by atoms with Gasteiger partial charge in [0, 0.05) is 0 Å². The molecule has 0 amide bonds. The van der Waals surface area contributed by atoms with Crippen LogP contribution in [0.2, 0.25) is 0 Å². The highest BCUT2D eigenvalue weighted by Crippen LogP contribution is 2.37. The number of unbranched alkanes of at least 4 members (excludes halogenated alkanes) is 1. The molecule has 0 spiro atoms. The molecule has 0 aliphatic carbocycles. The standard InChI is InChI=1S/C21H40O4/c1-8-18(12-10-9-11-15(2)3)25-20(24)21(17(6)7,19(22)23)14-13-16(4)5/h15-18H,8-14H2,1-7H3,(H,22,23). The van der Waals surface area contributed by atoms with Gasteiger partial charge in [-0.2, -0.15) is 0 Å². The average Bonchev–Trinajstić information content (AvgIpc) is 2.49. The van der Waals surface area contributed by atoms with Crippen molar-refractivity contribution in [2.45, 2.75) is 99.5 Å². The molecule has 0 saturated carbocycles. The maximum Gasteiger partial charge on any atom is 0.324 e. The Bertz CT molecular complexity index is 401. The Kier molecular flexibility index (Phi) is 11.0. The fraction of sp³-hybridized carbons (Fsp3) is 0.905. The summed E-state index contributed by atoms with van der Waals surface area (Å²) in [5, 5.41) is 9.84. The zero-order valence-corrected chi connectivity index (χ0v) is 17.4. The van der Waals surface area contributed by atoms with Gasteiger partial charge in [0.15, 0.2) is 5.41 Å². The quantitative estimate of drug-likeness (QED) is 0.262. The van der Waals surface area contributed by atoms with Gasteiger partial charge in [0.25, 0.3) is 0 Å². The van der Waals surface area contributed by atoms with Crippen LogP contribution in [-0.2, 0) is 14.3 Å². The highest BCUT2D eigenvalue weighted by Gasteiger charge is 2.50. The molecule has 0 aromatic rings. The van der Waals surface area contributed by atoms with Gasteiger partial charge in [0.05, 0.1) is 0 Å². The van der Waals surface area contributed by atoms with Crippen LogP contribution in [0.5, 0.6) is 0 Å². The van der Waals surface area contributed by atoms with Crippen LogP contribution in [0.15, 0.2) is 0 Å². The number of rotatable bonds is 13. The van der Waals surface area contributed by atoms with Crippen LogP contribution in [0.1, 0.15) is 93.4 Å². The highest BCUT2D eigenvalue weighted by molar-refractivity contribution is 5.99. The molecule has 0 aliphatic rings. The van der Waals surface area contributed by atoms with Crippen LogP contribution < -0.4 is 0 Å². The van der Waals surface area contributed by atoms with Crippen molar-refractivity contribution >= 4 is 11.9 Å². The van der Waals surface area contributed by atoms with Crippen molar-refractivity contribution in [1.29, 1.82) is 0 Å². The summed E-state index contributed by atoms with van der Waals surface area (Å²) in [4.78, 5) is 24.9. The van der Waals surface area contributed by atoms with E-state index in [4.69, 9.17) is 4.74 Å². The van der Waals surface area contributed by atoms with E-state index in [0.717, 1.165) is 25.7 Å². The molecule has 0 saturated heterocycles. The number of carboxylic acid groups (broad SMARTS) is 1. The zero-order valence-electron chi connectivity index (χ0n) is 17.4. The average molecular weight is 357 g/mol. The number of esters is 1. The molecule has 4 heteroatoms. The third kappa shape index (κ3) is 7.79. The summed E-state index contributed by atoms with van der Waals surface area (Å²) >= 11 is 0. The molecule has 0 fully saturated rings. The number of hydrogen-bond donors (Lipinski definition) is 1. The molecule has 148 valence electrons. The molecule has 0 aliphatic heterocycles. The lowest BCUT2D eigenvalue weighted by atomic mass is 9.72. The second kappa shape index (κ2) is 11.5. The first-order valence-electron chi connectivity index (χ1n) is 10.0. The lowest BCUT2D eigenvalue weighted by Crippen LogP contribution is -2.46. The number of carboxylic acids is 1. The van der Waals surface area contributed by atoms with E-state index in [9.17, 15) is 14.7 Å². The van der Waals surface area contributed by atoms with Crippen LogP contribution in [0.3, 0.4) is 0 Å². The topological polar surface area (TPSA) is 63.6 Å². The van der Waals surface area contributed by atoms with Crippen LogP contribution in [0, 0.1) is 23.2 Å². The lowest BCUT2D eigenvalue weighted by Gasteiger charge is -2.33. The third-order valence-electron chi connectivity index (χ3n) is 5.13. The molecule has 4 nitrogen and oxygen atoms in total. The van der Waals surface area contributed by atoms with E-state index >= 15 is 0 Å². The molecular weight excluding hydrogens is 316 g/mol. The molecule has 2 unspecified atom stereocenters. The molecular formula is C21H40O4. The Morgan fingerprint density at radius 1 is 0.920 bits per heavy atom. The summed E-state index contributed by atoms with van der Waals surface area (Å²) in [6, 6.07) is 0. The molecule has 25 heavy (non-hydrogen) atoms. The van der Waals surface area contributed by atoms with E-state index in [2.05, 4.69) is 13.8 Å². The Hall–Kier alpha value is -1.06. The van der Waals surface area contributed by atoms with Gasteiger partial charge in [-0.3, -0.25) is 9.59 Å². The number of aliphatic carboxylic acids is 1. The first-order chi connectivity index (χ1) is 11.6. The SMILES string of the molecule is CCC(CCCCC(C)C)OC(=O)C(CCC(C)C)(C(=O)O)C(C)C. The van der Waals surface area contributed by atoms with Crippen molar-refractivity contribution in [3.8, 4) is 0 Å². The monoisotopic (exact) mass is 356 g/mol. The highest BCUT2D eigenvalue weighted by atomic mass is 16.5. The van der Waals surface area contributed by atoms with E-state index in [1.165, 1.54) is 6.42 Å². The molecule has 0 radical (unpaired) electrons. The predicted molar refractivity (Wildman–Crippen MR) is 102 cm³/mol. The van der Waals surface area contributed by atoms with Crippen molar-refractivity contribution in [2.24, 2.45) is 23.2 Å². The lowest BCUT2D eigenvalue weighted by molar-refractivity contribution is -0.177. The van der Waals surface area contributed by atoms with Gasteiger partial charge in [-0.25, -0.2) is 0 Å². The van der Waals surface area contributed by atoms with Crippen LogP contribution >= 0.6 is 0 Å². The van der Waals surface area contributed by atoms with Gasteiger partial charge < -0.3 is 9.84 Å². The van der Waals surface area contributed by atoms with Crippen molar-refractivity contribution < 1.29 is 19.4 Å². The molecule has 0 aromatic heterocycles. The van der Waals surface area contributed by atoms with Crippen LogP contribution in [-0.4, -0.2) is 23.1 Å². The van der Waals surface area contributed by atoms with E-state index in [-0.39, 0.29) is 12.0 Å². The van der Waals surface area contributed by atoms with E-state index in [0.29, 0.717) is 24.7 Å². The van der Waals surface area contributed by atoms with Gasteiger partial charge in [-0.15, -0.1) is 0 Å². The maximum atomic E-state index is 12.9. The first-order valence-corrected chi connectivity index (χ1v) is 10.0. The summed E-state index contributed by atoms with van der Waals surface area (Å²) in [5.41, 5.74) is -1.43. The van der Waals surface area contributed by atoms with E-state index in [1.54, 1.807) is 13.8 Å². The fourth-order valence-corrected chi connectivity index (χ4v) is 3.11. The second-order valence-corrected chi connectivity index (χ2v) is 8.48. The molecule has 1 N–H and O–H groups in total. The Balaban J connectivity index is 5.00.